The molecule has 1 aliphatic carbocycles. The third-order valence-electron chi connectivity index (χ3n) is 7.52. The number of rotatable bonds is 4. The fourth-order valence-corrected chi connectivity index (χ4v) is 5.65. The van der Waals surface area contributed by atoms with Crippen LogP contribution in [0.3, 0.4) is 0 Å². The third kappa shape index (κ3) is 3.50. The summed E-state index contributed by atoms with van der Waals surface area (Å²) in [6.45, 7) is 2.30. The summed E-state index contributed by atoms with van der Waals surface area (Å²) in [6, 6.07) is 5.26. The topological polar surface area (TPSA) is 91.6 Å². The van der Waals surface area contributed by atoms with Crippen molar-refractivity contribution in [1.29, 1.82) is 0 Å². The normalized spacial score (nSPS) is 22.6. The zero-order chi connectivity index (χ0) is 23.2. The number of hydrogen-bond donors (Lipinski definition) is 0. The maximum atomic E-state index is 13.3. The van der Waals surface area contributed by atoms with Gasteiger partial charge in [0.15, 0.2) is 0 Å². The van der Waals surface area contributed by atoms with E-state index in [2.05, 4.69) is 4.98 Å². The van der Waals surface area contributed by atoms with E-state index in [1.54, 1.807) is 23.0 Å². The monoisotopic (exact) mass is 450 g/mol. The Morgan fingerprint density at radius 1 is 1.15 bits per heavy atom. The molecule has 0 aromatic carbocycles. The molecule has 0 radical (unpaired) electrons. The lowest BCUT2D eigenvalue weighted by Gasteiger charge is -2.35. The van der Waals surface area contributed by atoms with Crippen molar-refractivity contribution in [3.8, 4) is 5.82 Å². The van der Waals surface area contributed by atoms with Crippen LogP contribution in [0.4, 0.5) is 4.79 Å². The second-order valence-electron chi connectivity index (χ2n) is 9.34. The Hall–Kier alpha value is -3.23. The van der Waals surface area contributed by atoms with Crippen molar-refractivity contribution in [1.82, 2.24) is 29.2 Å². The molecular weight excluding hydrogens is 420 g/mol. The maximum Gasteiger partial charge on any atom is 0.327 e. The number of imide groups is 1. The van der Waals surface area contributed by atoms with E-state index >= 15 is 0 Å². The highest BCUT2D eigenvalue weighted by molar-refractivity contribution is 6.09. The Balaban J connectivity index is 1.35. The molecule has 1 spiro atoms. The number of carbonyl (C=O) groups is 3. The van der Waals surface area contributed by atoms with Gasteiger partial charge in [0, 0.05) is 26.0 Å². The summed E-state index contributed by atoms with van der Waals surface area (Å²) in [5, 5.41) is 0. The van der Waals surface area contributed by atoms with Gasteiger partial charge in [-0.3, -0.25) is 19.1 Å². The average molecular weight is 451 g/mol. The molecule has 0 unspecified atom stereocenters. The van der Waals surface area contributed by atoms with Gasteiger partial charge in [-0.15, -0.1) is 0 Å². The quantitative estimate of drug-likeness (QED) is 0.668. The SMILES string of the molecule is Cc1nccn1-c1cccc([C@@H]2CCCN2C(=O)CN2C(=O)N(C)C3(CCCCC3)C2=O)n1. The number of imidazole rings is 1. The summed E-state index contributed by atoms with van der Waals surface area (Å²) >= 11 is 0. The Kier molecular flexibility index (Phi) is 5.42. The van der Waals surface area contributed by atoms with Crippen molar-refractivity contribution in [2.45, 2.75) is 63.5 Å². The van der Waals surface area contributed by atoms with Crippen LogP contribution in [0, 0.1) is 6.92 Å². The number of aryl methyl sites for hydroxylation is 1. The van der Waals surface area contributed by atoms with Crippen LogP contribution in [0.1, 0.15) is 62.5 Å². The minimum absolute atomic E-state index is 0.171. The highest BCUT2D eigenvalue weighted by Crippen LogP contribution is 2.40. The number of carbonyl (C=O) groups excluding carboxylic acids is 3. The van der Waals surface area contributed by atoms with E-state index in [4.69, 9.17) is 4.98 Å². The molecule has 33 heavy (non-hydrogen) atoms. The first kappa shape index (κ1) is 21.6. The lowest BCUT2D eigenvalue weighted by Crippen LogP contribution is -2.49. The molecule has 3 aliphatic rings. The van der Waals surface area contributed by atoms with Crippen LogP contribution in [0.25, 0.3) is 5.82 Å². The van der Waals surface area contributed by atoms with E-state index in [0.29, 0.717) is 19.4 Å². The van der Waals surface area contributed by atoms with Crippen LogP contribution in [0.5, 0.6) is 0 Å². The Morgan fingerprint density at radius 3 is 2.67 bits per heavy atom. The first-order chi connectivity index (χ1) is 15.9. The number of likely N-dealkylation sites (N-methyl/N-ethyl adjacent to an activating group) is 1. The molecule has 9 nitrogen and oxygen atoms in total. The molecule has 4 heterocycles. The van der Waals surface area contributed by atoms with E-state index < -0.39 is 5.54 Å². The minimum atomic E-state index is -0.765. The maximum absolute atomic E-state index is 13.3. The number of nitrogens with zero attached hydrogens (tertiary/aromatic N) is 6. The molecule has 2 aliphatic heterocycles. The zero-order valence-corrected chi connectivity index (χ0v) is 19.2. The third-order valence-corrected chi connectivity index (χ3v) is 7.52. The fourth-order valence-electron chi connectivity index (χ4n) is 5.65. The second kappa shape index (κ2) is 8.28. The van der Waals surface area contributed by atoms with E-state index in [9.17, 15) is 14.4 Å². The van der Waals surface area contributed by atoms with E-state index in [1.165, 1.54) is 4.90 Å². The molecule has 0 bridgehead atoms. The predicted octanol–water partition coefficient (Wildman–Crippen LogP) is 2.84. The molecule has 1 saturated carbocycles. The second-order valence-corrected chi connectivity index (χ2v) is 9.34. The number of aromatic nitrogens is 3. The number of likely N-dealkylation sites (tertiary alicyclic amines) is 1. The molecule has 1 atom stereocenters. The van der Waals surface area contributed by atoms with Gasteiger partial charge in [-0.2, -0.15) is 0 Å². The van der Waals surface area contributed by atoms with Gasteiger partial charge in [-0.05, 0) is 44.7 Å². The summed E-state index contributed by atoms with van der Waals surface area (Å²) in [5.41, 5.74) is 0.0462. The first-order valence-electron chi connectivity index (χ1n) is 11.8. The van der Waals surface area contributed by atoms with Crippen LogP contribution in [0.2, 0.25) is 0 Å². The van der Waals surface area contributed by atoms with Gasteiger partial charge in [-0.1, -0.05) is 25.3 Å². The standard InChI is InChI=1S/C24H30N6O3/c1-17-25-13-15-28(17)20-10-6-8-18(26-20)19-9-7-14-29(19)21(31)16-30-22(32)24(27(2)23(30)33)11-4-3-5-12-24/h6,8,10,13,15,19H,3-5,7,9,11-12,14,16H2,1-2H3/t19-/m0/s1. The predicted molar refractivity (Wildman–Crippen MR) is 120 cm³/mol. The first-order valence-corrected chi connectivity index (χ1v) is 11.8. The van der Waals surface area contributed by atoms with Gasteiger partial charge in [0.2, 0.25) is 5.91 Å². The van der Waals surface area contributed by atoms with E-state index in [1.807, 2.05) is 35.9 Å². The highest BCUT2D eigenvalue weighted by atomic mass is 16.2. The molecule has 174 valence electrons. The van der Waals surface area contributed by atoms with Gasteiger partial charge in [-0.25, -0.2) is 14.8 Å². The van der Waals surface area contributed by atoms with Crippen LogP contribution in [0.15, 0.2) is 30.6 Å². The fraction of sp³-hybridized carbons (Fsp3) is 0.542. The van der Waals surface area contributed by atoms with Crippen molar-refractivity contribution in [3.05, 3.63) is 42.1 Å². The number of amides is 4. The number of urea groups is 1. The Morgan fingerprint density at radius 2 is 1.94 bits per heavy atom. The van der Waals surface area contributed by atoms with Crippen LogP contribution >= 0.6 is 0 Å². The zero-order valence-electron chi connectivity index (χ0n) is 19.2. The minimum Gasteiger partial charge on any atom is -0.333 e. The van der Waals surface area contributed by atoms with Crippen LogP contribution < -0.4 is 0 Å². The summed E-state index contributed by atoms with van der Waals surface area (Å²) in [7, 11) is 1.70. The summed E-state index contributed by atoms with van der Waals surface area (Å²) in [4.78, 5) is 53.1. The van der Waals surface area contributed by atoms with Gasteiger partial charge in [0.05, 0.1) is 11.7 Å². The highest BCUT2D eigenvalue weighted by Gasteiger charge is 2.56. The van der Waals surface area contributed by atoms with Gasteiger partial charge >= 0.3 is 6.03 Å². The number of hydrogen-bond acceptors (Lipinski definition) is 5. The number of pyridine rings is 1. The molecule has 2 saturated heterocycles. The molecular formula is C24H30N6O3. The lowest BCUT2D eigenvalue weighted by molar-refractivity contribution is -0.141. The van der Waals surface area contributed by atoms with E-state index in [-0.39, 0.29) is 30.4 Å². The molecule has 2 aromatic rings. The van der Waals surface area contributed by atoms with E-state index in [0.717, 1.165) is 49.4 Å². The van der Waals surface area contributed by atoms with Crippen molar-refractivity contribution < 1.29 is 14.4 Å². The largest absolute Gasteiger partial charge is 0.333 e. The molecule has 5 rings (SSSR count). The van der Waals surface area contributed by atoms with Gasteiger partial charge < -0.3 is 9.80 Å². The molecule has 2 aromatic heterocycles. The van der Waals surface area contributed by atoms with Gasteiger partial charge in [0.25, 0.3) is 5.91 Å². The average Bonchev–Trinajstić information content (AvgIpc) is 3.53. The van der Waals surface area contributed by atoms with Crippen molar-refractivity contribution in [2.75, 3.05) is 20.1 Å². The molecule has 0 N–H and O–H groups in total. The summed E-state index contributed by atoms with van der Waals surface area (Å²) < 4.78 is 1.91. The van der Waals surface area contributed by atoms with Crippen LogP contribution in [-0.2, 0) is 9.59 Å². The van der Waals surface area contributed by atoms with Crippen molar-refractivity contribution in [2.24, 2.45) is 0 Å². The summed E-state index contributed by atoms with van der Waals surface area (Å²) in [6.07, 6.45) is 9.54. The summed E-state index contributed by atoms with van der Waals surface area (Å²) in [5.74, 6) is 1.18. The Labute approximate surface area is 193 Å². The lowest BCUT2D eigenvalue weighted by atomic mass is 9.81. The molecule has 4 amide bonds. The van der Waals surface area contributed by atoms with Crippen molar-refractivity contribution in [3.63, 3.8) is 0 Å². The van der Waals surface area contributed by atoms with Crippen LogP contribution in [-0.4, -0.2) is 72.8 Å². The van der Waals surface area contributed by atoms with Gasteiger partial charge in [0.1, 0.15) is 23.7 Å². The smallest absolute Gasteiger partial charge is 0.327 e. The molecule has 3 fully saturated rings. The Bertz CT molecular complexity index is 1090. The molecule has 9 heteroatoms. The van der Waals surface area contributed by atoms with Crippen molar-refractivity contribution >= 4 is 17.8 Å².